The summed E-state index contributed by atoms with van der Waals surface area (Å²) >= 11 is 0. The Morgan fingerprint density at radius 3 is 1.94 bits per heavy atom. The normalized spacial score (nSPS) is 10.9. The summed E-state index contributed by atoms with van der Waals surface area (Å²) in [5, 5.41) is 18.0. The molecule has 0 spiro atoms. The fourth-order valence-corrected chi connectivity index (χ4v) is 3.74. The number of nitrogens with zero attached hydrogens (tertiary/aromatic N) is 2. The third kappa shape index (κ3) is 6.30. The summed E-state index contributed by atoms with van der Waals surface area (Å²) < 4.78 is 0. The number of hydrogen-bond donors (Lipinski definition) is 1. The standard InChI is InChI=1S/C28H28N2O3/c1-28(2,17-6-18-29)25-15-13-23(14-16-25)26(31)30(19-21-7-4-3-5-8-21)20-22-9-11-24(12-10-22)27(32)33/h3-5,7-16H,6,17,19-20H2,1-2H3,(H,32,33). The van der Waals surface area contributed by atoms with E-state index < -0.39 is 5.97 Å². The highest BCUT2D eigenvalue weighted by molar-refractivity contribution is 5.94. The molecule has 0 bridgehead atoms. The molecular formula is C28H28N2O3. The number of rotatable bonds is 9. The van der Waals surface area contributed by atoms with Gasteiger partial charge in [0.1, 0.15) is 0 Å². The zero-order valence-electron chi connectivity index (χ0n) is 19.0. The molecule has 0 saturated heterocycles. The van der Waals surface area contributed by atoms with Crippen molar-refractivity contribution in [1.82, 2.24) is 4.90 Å². The van der Waals surface area contributed by atoms with Crippen molar-refractivity contribution in [3.05, 3.63) is 107 Å². The Morgan fingerprint density at radius 1 is 0.848 bits per heavy atom. The largest absolute Gasteiger partial charge is 0.478 e. The van der Waals surface area contributed by atoms with Crippen LogP contribution in [-0.2, 0) is 18.5 Å². The summed E-state index contributed by atoms with van der Waals surface area (Å²) in [6.07, 6.45) is 1.24. The third-order valence-electron chi connectivity index (χ3n) is 5.85. The van der Waals surface area contributed by atoms with Gasteiger partial charge in [0.05, 0.1) is 11.6 Å². The molecule has 5 nitrogen and oxygen atoms in total. The van der Waals surface area contributed by atoms with Gasteiger partial charge >= 0.3 is 5.97 Å². The predicted octanol–water partition coefficient (Wildman–Crippen LogP) is 5.81. The van der Waals surface area contributed by atoms with E-state index in [9.17, 15) is 9.59 Å². The molecule has 3 aromatic carbocycles. The lowest BCUT2D eigenvalue weighted by Gasteiger charge is -2.26. The first-order valence-electron chi connectivity index (χ1n) is 10.9. The molecule has 0 fully saturated rings. The number of carboxylic acids is 1. The summed E-state index contributed by atoms with van der Waals surface area (Å²) in [6, 6.07) is 26.2. The van der Waals surface area contributed by atoms with E-state index in [4.69, 9.17) is 10.4 Å². The van der Waals surface area contributed by atoms with Crippen molar-refractivity contribution < 1.29 is 14.7 Å². The lowest BCUT2D eigenvalue weighted by Crippen LogP contribution is -2.30. The van der Waals surface area contributed by atoms with Crippen LogP contribution >= 0.6 is 0 Å². The van der Waals surface area contributed by atoms with E-state index in [1.807, 2.05) is 54.6 Å². The molecular weight excluding hydrogens is 412 g/mol. The van der Waals surface area contributed by atoms with E-state index >= 15 is 0 Å². The zero-order valence-corrected chi connectivity index (χ0v) is 19.0. The molecule has 0 heterocycles. The average molecular weight is 441 g/mol. The number of carbonyl (C=O) groups is 2. The molecule has 0 aromatic heterocycles. The molecule has 168 valence electrons. The molecule has 0 saturated carbocycles. The van der Waals surface area contributed by atoms with Crippen LogP contribution in [0.1, 0.15) is 64.1 Å². The van der Waals surface area contributed by atoms with Crippen LogP contribution in [-0.4, -0.2) is 21.9 Å². The van der Waals surface area contributed by atoms with Crippen LogP contribution in [0.5, 0.6) is 0 Å². The quantitative estimate of drug-likeness (QED) is 0.455. The van der Waals surface area contributed by atoms with Crippen LogP contribution in [0.3, 0.4) is 0 Å². The third-order valence-corrected chi connectivity index (χ3v) is 5.85. The Hall–Kier alpha value is -3.91. The number of aromatic carboxylic acids is 1. The van der Waals surface area contributed by atoms with Gasteiger partial charge < -0.3 is 10.0 Å². The fourth-order valence-electron chi connectivity index (χ4n) is 3.74. The maximum atomic E-state index is 13.5. The molecule has 5 heteroatoms. The van der Waals surface area contributed by atoms with Crippen LogP contribution in [0, 0.1) is 11.3 Å². The average Bonchev–Trinajstić information content (AvgIpc) is 2.83. The molecule has 33 heavy (non-hydrogen) atoms. The molecule has 0 aliphatic rings. The van der Waals surface area contributed by atoms with E-state index in [2.05, 4.69) is 19.9 Å². The van der Waals surface area contributed by atoms with Crippen molar-refractivity contribution in [2.45, 2.75) is 45.2 Å². The van der Waals surface area contributed by atoms with Crippen LogP contribution < -0.4 is 0 Å². The van der Waals surface area contributed by atoms with Gasteiger partial charge in [-0.2, -0.15) is 5.26 Å². The van der Waals surface area contributed by atoms with Crippen LogP contribution in [0.2, 0.25) is 0 Å². The minimum Gasteiger partial charge on any atom is -0.478 e. The summed E-state index contributed by atoms with van der Waals surface area (Å²) in [5.41, 5.74) is 3.63. The van der Waals surface area contributed by atoms with Crippen molar-refractivity contribution in [1.29, 1.82) is 5.26 Å². The van der Waals surface area contributed by atoms with Crippen molar-refractivity contribution in [3.8, 4) is 6.07 Å². The van der Waals surface area contributed by atoms with Gasteiger partial charge in [0, 0.05) is 25.1 Å². The van der Waals surface area contributed by atoms with Gasteiger partial charge in [0.2, 0.25) is 0 Å². The smallest absolute Gasteiger partial charge is 0.335 e. The Kier molecular flexibility index (Phi) is 7.63. The number of carbonyl (C=O) groups excluding carboxylic acids is 1. The number of amides is 1. The number of benzene rings is 3. The zero-order chi connectivity index (χ0) is 23.8. The first kappa shape index (κ1) is 23.7. The Bertz CT molecular complexity index is 1130. The summed E-state index contributed by atoms with van der Waals surface area (Å²) in [7, 11) is 0. The van der Waals surface area contributed by atoms with Crippen molar-refractivity contribution in [2.75, 3.05) is 0 Å². The van der Waals surface area contributed by atoms with Gasteiger partial charge in [0.15, 0.2) is 0 Å². The second-order valence-corrected chi connectivity index (χ2v) is 8.77. The minimum atomic E-state index is -0.975. The van der Waals surface area contributed by atoms with Gasteiger partial charge in [0.25, 0.3) is 5.91 Å². The Labute approximate surface area is 194 Å². The van der Waals surface area contributed by atoms with E-state index in [0.717, 1.165) is 23.1 Å². The Balaban J connectivity index is 1.84. The highest BCUT2D eigenvalue weighted by Crippen LogP contribution is 2.28. The maximum absolute atomic E-state index is 13.5. The summed E-state index contributed by atoms with van der Waals surface area (Å²) in [6.45, 7) is 5.01. The lowest BCUT2D eigenvalue weighted by molar-refractivity contribution is 0.0693. The first-order valence-corrected chi connectivity index (χ1v) is 10.9. The predicted molar refractivity (Wildman–Crippen MR) is 128 cm³/mol. The number of hydrogen-bond acceptors (Lipinski definition) is 3. The number of carboxylic acid groups (broad SMARTS) is 1. The molecule has 3 rings (SSSR count). The Morgan fingerprint density at radius 2 is 1.39 bits per heavy atom. The highest BCUT2D eigenvalue weighted by atomic mass is 16.4. The van der Waals surface area contributed by atoms with E-state index in [1.54, 1.807) is 29.2 Å². The molecule has 0 aliphatic carbocycles. The lowest BCUT2D eigenvalue weighted by atomic mass is 9.80. The SMILES string of the molecule is CC(C)(CCC#N)c1ccc(C(=O)N(Cc2ccccc2)Cc2ccc(C(=O)O)cc2)cc1. The minimum absolute atomic E-state index is 0.0949. The van der Waals surface area contributed by atoms with Crippen LogP contribution in [0.15, 0.2) is 78.9 Å². The maximum Gasteiger partial charge on any atom is 0.335 e. The summed E-state index contributed by atoms with van der Waals surface area (Å²) in [5.74, 6) is -1.07. The van der Waals surface area contributed by atoms with Crippen LogP contribution in [0.4, 0.5) is 0 Å². The molecule has 3 aromatic rings. The van der Waals surface area contributed by atoms with E-state index in [1.165, 1.54) is 0 Å². The second-order valence-electron chi connectivity index (χ2n) is 8.77. The van der Waals surface area contributed by atoms with Gasteiger partial charge in [-0.15, -0.1) is 0 Å². The monoisotopic (exact) mass is 440 g/mol. The highest BCUT2D eigenvalue weighted by Gasteiger charge is 2.22. The molecule has 0 unspecified atom stereocenters. The van der Waals surface area contributed by atoms with Gasteiger partial charge in [-0.25, -0.2) is 4.79 Å². The molecule has 0 atom stereocenters. The second kappa shape index (κ2) is 10.6. The van der Waals surface area contributed by atoms with E-state index in [0.29, 0.717) is 25.1 Å². The summed E-state index contributed by atoms with van der Waals surface area (Å²) in [4.78, 5) is 26.4. The van der Waals surface area contributed by atoms with Gasteiger partial charge in [-0.05, 0) is 52.8 Å². The fraction of sp³-hybridized carbons (Fsp3) is 0.250. The van der Waals surface area contributed by atoms with E-state index in [-0.39, 0.29) is 16.9 Å². The molecule has 0 aliphatic heterocycles. The van der Waals surface area contributed by atoms with Gasteiger partial charge in [-0.1, -0.05) is 68.4 Å². The van der Waals surface area contributed by atoms with Crippen LogP contribution in [0.25, 0.3) is 0 Å². The van der Waals surface area contributed by atoms with Crippen molar-refractivity contribution >= 4 is 11.9 Å². The van der Waals surface area contributed by atoms with Crippen molar-refractivity contribution in [2.24, 2.45) is 0 Å². The van der Waals surface area contributed by atoms with Gasteiger partial charge in [-0.3, -0.25) is 4.79 Å². The molecule has 1 amide bonds. The number of nitriles is 1. The molecule has 0 radical (unpaired) electrons. The topological polar surface area (TPSA) is 81.4 Å². The van der Waals surface area contributed by atoms with Crippen molar-refractivity contribution in [3.63, 3.8) is 0 Å². The molecule has 1 N–H and O–H groups in total. The first-order chi connectivity index (χ1) is 15.8.